The number of hydrogen-bond donors (Lipinski definition) is 0. The fourth-order valence-corrected chi connectivity index (χ4v) is 1.22. The van der Waals surface area contributed by atoms with E-state index in [1.165, 1.54) is 0 Å². The number of nitrogens with zero attached hydrogens (tertiary/aromatic N) is 1. The fourth-order valence-electron chi connectivity index (χ4n) is 1.22. The van der Waals surface area contributed by atoms with Gasteiger partial charge in [0.05, 0.1) is 0 Å². The van der Waals surface area contributed by atoms with Gasteiger partial charge in [0.25, 0.3) is 0 Å². The summed E-state index contributed by atoms with van der Waals surface area (Å²) in [7, 11) is 0. The summed E-state index contributed by atoms with van der Waals surface area (Å²) in [6, 6.07) is 7.91. The average Bonchev–Trinajstić information content (AvgIpc) is 2.04. The van der Waals surface area contributed by atoms with Crippen molar-refractivity contribution >= 4 is 6.08 Å². The summed E-state index contributed by atoms with van der Waals surface area (Å²) in [4.78, 5) is 0. The second-order valence-electron chi connectivity index (χ2n) is 2.59. The van der Waals surface area contributed by atoms with Crippen LogP contribution < -0.4 is 0 Å². The lowest BCUT2D eigenvalue weighted by atomic mass is 10.1. The van der Waals surface area contributed by atoms with Gasteiger partial charge >= 0.3 is 0 Å². The first-order chi connectivity index (χ1) is 5.36. The first kappa shape index (κ1) is 6.43. The molecule has 0 saturated heterocycles. The van der Waals surface area contributed by atoms with Gasteiger partial charge in [-0.05, 0) is 23.4 Å². The molecule has 0 spiro atoms. The molecule has 1 aromatic rings. The van der Waals surface area contributed by atoms with Crippen LogP contribution in [0.4, 0.5) is 0 Å². The van der Waals surface area contributed by atoms with Gasteiger partial charge in [0, 0.05) is 6.54 Å². The van der Waals surface area contributed by atoms with Crippen molar-refractivity contribution < 1.29 is 0 Å². The van der Waals surface area contributed by atoms with E-state index in [1.807, 2.05) is 30.3 Å². The molecule has 0 unspecified atom stereocenters. The van der Waals surface area contributed by atoms with Crippen LogP contribution in [-0.4, -0.2) is 5.06 Å². The molecule has 1 heterocycles. The molecule has 0 fully saturated rings. The maximum absolute atomic E-state index is 10.9. The molecule has 56 valence electrons. The van der Waals surface area contributed by atoms with Gasteiger partial charge in [0.1, 0.15) is 0 Å². The van der Waals surface area contributed by atoms with E-state index in [1.54, 1.807) is 6.20 Å². The van der Waals surface area contributed by atoms with Crippen molar-refractivity contribution in [3.8, 4) is 0 Å². The number of fused-ring (bicyclic) bond motifs is 1. The molecule has 0 atom stereocenters. The zero-order chi connectivity index (χ0) is 7.68. The summed E-state index contributed by atoms with van der Waals surface area (Å²) < 4.78 is 0. The van der Waals surface area contributed by atoms with E-state index in [9.17, 15) is 5.21 Å². The molecular weight excluding hydrogens is 138 g/mol. The summed E-state index contributed by atoms with van der Waals surface area (Å²) in [6.45, 7) is 0.479. The lowest BCUT2D eigenvalue weighted by molar-refractivity contribution is 0.500. The van der Waals surface area contributed by atoms with Gasteiger partial charge in [-0.25, -0.2) is 0 Å². The molecule has 0 aliphatic carbocycles. The Morgan fingerprint density at radius 1 is 1.27 bits per heavy atom. The number of rotatable bonds is 0. The molecule has 2 heteroatoms. The molecule has 1 aliphatic rings. The highest BCUT2D eigenvalue weighted by Gasteiger charge is 2.01. The van der Waals surface area contributed by atoms with Crippen LogP contribution >= 0.6 is 0 Å². The molecule has 0 radical (unpaired) electrons. The molecule has 11 heavy (non-hydrogen) atoms. The summed E-state index contributed by atoms with van der Waals surface area (Å²) in [5, 5.41) is 11.8. The largest absolute Gasteiger partial charge is 0.758 e. The lowest BCUT2D eigenvalue weighted by Crippen LogP contribution is -2.11. The van der Waals surface area contributed by atoms with Gasteiger partial charge in [-0.3, -0.25) is 0 Å². The second kappa shape index (κ2) is 2.40. The molecular formula is C9H8NO-. The zero-order valence-corrected chi connectivity index (χ0v) is 6.03. The van der Waals surface area contributed by atoms with Crippen LogP contribution in [0.25, 0.3) is 6.08 Å². The Morgan fingerprint density at radius 3 is 3.00 bits per heavy atom. The van der Waals surface area contributed by atoms with Crippen molar-refractivity contribution in [1.29, 1.82) is 0 Å². The highest BCUT2D eigenvalue weighted by molar-refractivity contribution is 5.55. The summed E-state index contributed by atoms with van der Waals surface area (Å²) in [5.74, 6) is 0. The Balaban J connectivity index is 2.46. The van der Waals surface area contributed by atoms with E-state index in [2.05, 4.69) is 0 Å². The molecule has 2 nitrogen and oxygen atoms in total. The molecule has 0 N–H and O–H groups in total. The molecule has 1 aromatic carbocycles. The van der Waals surface area contributed by atoms with E-state index >= 15 is 0 Å². The monoisotopic (exact) mass is 146 g/mol. The zero-order valence-electron chi connectivity index (χ0n) is 6.03. The van der Waals surface area contributed by atoms with E-state index in [4.69, 9.17) is 0 Å². The third kappa shape index (κ3) is 1.12. The van der Waals surface area contributed by atoms with E-state index in [0.717, 1.165) is 16.2 Å². The fraction of sp³-hybridized carbons (Fsp3) is 0.111. The van der Waals surface area contributed by atoms with Crippen molar-refractivity contribution in [1.82, 2.24) is 5.06 Å². The minimum atomic E-state index is 0.479. The van der Waals surface area contributed by atoms with E-state index in [0.29, 0.717) is 6.54 Å². The van der Waals surface area contributed by atoms with Gasteiger partial charge in [0.15, 0.2) is 0 Å². The van der Waals surface area contributed by atoms with E-state index < -0.39 is 0 Å². The first-order valence-corrected chi connectivity index (χ1v) is 3.56. The van der Waals surface area contributed by atoms with Gasteiger partial charge in [0.2, 0.25) is 0 Å². The Morgan fingerprint density at radius 2 is 2.09 bits per heavy atom. The normalized spacial score (nSPS) is 14.8. The predicted molar refractivity (Wildman–Crippen MR) is 44.4 cm³/mol. The van der Waals surface area contributed by atoms with Crippen LogP contribution in [0.5, 0.6) is 0 Å². The van der Waals surface area contributed by atoms with Crippen molar-refractivity contribution in [2.45, 2.75) is 6.54 Å². The minimum absolute atomic E-state index is 0.479. The quantitative estimate of drug-likeness (QED) is 0.559. The number of hydrogen-bond acceptors (Lipinski definition) is 2. The SMILES string of the molecule is [O-]N1C=Cc2ccccc2C1. The standard InChI is InChI=1S/C9H8NO/c11-10-6-5-8-3-1-2-4-9(8)7-10/h1-6H,7H2/q-1. The third-order valence-electron chi connectivity index (χ3n) is 1.80. The number of benzene rings is 1. The van der Waals surface area contributed by atoms with Crippen LogP contribution in [0.15, 0.2) is 30.5 Å². The lowest BCUT2D eigenvalue weighted by Gasteiger charge is -2.30. The van der Waals surface area contributed by atoms with Crippen LogP contribution in [0.3, 0.4) is 0 Å². The topological polar surface area (TPSA) is 26.3 Å². The average molecular weight is 146 g/mol. The number of hydroxylamine groups is 2. The van der Waals surface area contributed by atoms with E-state index in [-0.39, 0.29) is 0 Å². The van der Waals surface area contributed by atoms with Crippen LogP contribution in [0, 0.1) is 5.21 Å². The van der Waals surface area contributed by atoms with Crippen molar-refractivity contribution in [3.63, 3.8) is 0 Å². The Labute approximate surface area is 65.3 Å². The molecule has 0 aromatic heterocycles. The highest BCUT2D eigenvalue weighted by Crippen LogP contribution is 2.17. The molecule has 0 saturated carbocycles. The molecule has 2 rings (SSSR count). The van der Waals surface area contributed by atoms with Crippen molar-refractivity contribution in [3.05, 3.63) is 46.8 Å². The molecule has 0 bridgehead atoms. The minimum Gasteiger partial charge on any atom is -0.758 e. The maximum Gasteiger partial charge on any atom is 0.0317 e. The van der Waals surface area contributed by atoms with Crippen molar-refractivity contribution in [2.24, 2.45) is 0 Å². The Kier molecular flexibility index (Phi) is 1.40. The van der Waals surface area contributed by atoms with Crippen molar-refractivity contribution in [2.75, 3.05) is 0 Å². The second-order valence-corrected chi connectivity index (χ2v) is 2.59. The van der Waals surface area contributed by atoms with Gasteiger partial charge in [-0.15, -0.1) is 0 Å². The predicted octanol–water partition coefficient (Wildman–Crippen LogP) is 1.97. The van der Waals surface area contributed by atoms with Gasteiger partial charge in [-0.1, -0.05) is 24.3 Å². The Bertz CT molecular complexity index is 293. The van der Waals surface area contributed by atoms with Crippen LogP contribution in [-0.2, 0) is 6.54 Å². The smallest absolute Gasteiger partial charge is 0.0317 e. The van der Waals surface area contributed by atoms with Gasteiger partial charge in [-0.2, -0.15) is 0 Å². The highest BCUT2D eigenvalue weighted by atomic mass is 16.5. The summed E-state index contributed by atoms with van der Waals surface area (Å²) >= 11 is 0. The maximum atomic E-state index is 10.9. The third-order valence-corrected chi connectivity index (χ3v) is 1.80. The van der Waals surface area contributed by atoms with Gasteiger partial charge < -0.3 is 10.3 Å². The van der Waals surface area contributed by atoms with Crippen LogP contribution in [0.2, 0.25) is 0 Å². The Hall–Kier alpha value is -1.28. The van der Waals surface area contributed by atoms with Crippen LogP contribution in [0.1, 0.15) is 11.1 Å². The molecule has 0 amide bonds. The summed E-state index contributed by atoms with van der Waals surface area (Å²) in [6.07, 6.45) is 3.40. The first-order valence-electron chi connectivity index (χ1n) is 3.56. The molecule has 1 aliphatic heterocycles. The summed E-state index contributed by atoms with van der Waals surface area (Å²) in [5.41, 5.74) is 2.25.